The Balaban J connectivity index is 1.42. The van der Waals surface area contributed by atoms with Crippen LogP contribution in [0.25, 0.3) is 5.65 Å². The van der Waals surface area contributed by atoms with Crippen molar-refractivity contribution in [1.82, 2.24) is 34.6 Å². The average molecular weight is 442 g/mol. The second kappa shape index (κ2) is 6.98. The second-order valence-corrected chi connectivity index (χ2v) is 7.72. The van der Waals surface area contributed by atoms with E-state index in [1.54, 1.807) is 16.9 Å². The lowest BCUT2D eigenvalue weighted by atomic mass is 9.86. The zero-order chi connectivity index (χ0) is 22.5. The Bertz CT molecular complexity index is 1320. The molecule has 0 saturated carbocycles. The van der Waals surface area contributed by atoms with Crippen LogP contribution in [-0.4, -0.2) is 47.7 Å². The van der Waals surface area contributed by atoms with E-state index in [1.165, 1.54) is 4.68 Å². The number of alkyl halides is 3. The van der Waals surface area contributed by atoms with Crippen LogP contribution in [0.15, 0.2) is 36.9 Å². The minimum atomic E-state index is -4.49. The summed E-state index contributed by atoms with van der Waals surface area (Å²) < 4.78 is 41.9. The van der Waals surface area contributed by atoms with Gasteiger partial charge in [-0.1, -0.05) is 0 Å². The van der Waals surface area contributed by atoms with Gasteiger partial charge in [0.05, 0.1) is 47.5 Å². The van der Waals surface area contributed by atoms with Gasteiger partial charge in [-0.25, -0.2) is 4.52 Å². The summed E-state index contributed by atoms with van der Waals surface area (Å²) in [6.45, 7) is 2.50. The highest BCUT2D eigenvalue weighted by molar-refractivity contribution is 5.72. The lowest BCUT2D eigenvalue weighted by Crippen LogP contribution is -2.63. The van der Waals surface area contributed by atoms with Crippen LogP contribution in [0.1, 0.15) is 17.7 Å². The van der Waals surface area contributed by atoms with Crippen molar-refractivity contribution < 1.29 is 13.2 Å². The highest BCUT2D eigenvalue weighted by Gasteiger charge is 2.47. The van der Waals surface area contributed by atoms with Gasteiger partial charge in [0.25, 0.3) is 0 Å². The molecule has 1 saturated heterocycles. The molecular weight excluding hydrogens is 425 g/mol. The van der Waals surface area contributed by atoms with Gasteiger partial charge in [0, 0.05) is 25.5 Å². The second-order valence-electron chi connectivity index (χ2n) is 7.72. The molecule has 32 heavy (non-hydrogen) atoms. The van der Waals surface area contributed by atoms with Crippen molar-refractivity contribution in [2.24, 2.45) is 0 Å². The average Bonchev–Trinajstić information content (AvgIpc) is 3.44. The standard InChI is InChI=1S/C19H17F3N10/c1-12-14(8-24-28-12)26-17-27-16-15(3-2-6-31(16)29-17)30-10-18(11-30,4-5-23)32-9-13(7-25-32)19(20,21)22/h2-3,6-9H,4,10-11H2,1H3,(H,24,28)(H,26,29). The molecule has 0 atom stereocenters. The van der Waals surface area contributed by atoms with Gasteiger partial charge in [0.15, 0.2) is 5.65 Å². The number of halogens is 3. The van der Waals surface area contributed by atoms with E-state index in [-0.39, 0.29) is 6.42 Å². The van der Waals surface area contributed by atoms with Gasteiger partial charge < -0.3 is 10.2 Å². The first-order chi connectivity index (χ1) is 15.3. The predicted molar refractivity (Wildman–Crippen MR) is 107 cm³/mol. The van der Waals surface area contributed by atoms with Crippen LogP contribution in [0.4, 0.5) is 30.5 Å². The molecule has 1 fully saturated rings. The molecule has 5 rings (SSSR count). The Morgan fingerprint density at radius 1 is 1.31 bits per heavy atom. The quantitative estimate of drug-likeness (QED) is 0.488. The molecule has 1 aliphatic heterocycles. The summed E-state index contributed by atoms with van der Waals surface area (Å²) in [6, 6.07) is 5.75. The first kappa shape index (κ1) is 19.9. The fourth-order valence-electron chi connectivity index (χ4n) is 3.84. The number of nitriles is 1. The van der Waals surface area contributed by atoms with E-state index in [1.807, 2.05) is 24.0 Å². The molecule has 0 amide bonds. The maximum Gasteiger partial charge on any atom is 0.419 e. The number of aromatic amines is 1. The maximum absolute atomic E-state index is 13.0. The number of H-pyrrole nitrogens is 1. The third-order valence-corrected chi connectivity index (χ3v) is 5.53. The van der Waals surface area contributed by atoms with Crippen molar-refractivity contribution in [3.63, 3.8) is 0 Å². The highest BCUT2D eigenvalue weighted by atomic mass is 19.4. The Kier molecular flexibility index (Phi) is 4.33. The van der Waals surface area contributed by atoms with E-state index < -0.39 is 17.3 Å². The van der Waals surface area contributed by atoms with Crippen molar-refractivity contribution in [3.8, 4) is 6.07 Å². The smallest absolute Gasteiger partial charge is 0.363 e. The van der Waals surface area contributed by atoms with Gasteiger partial charge in [-0.2, -0.15) is 33.6 Å². The van der Waals surface area contributed by atoms with E-state index in [9.17, 15) is 18.4 Å². The van der Waals surface area contributed by atoms with Crippen molar-refractivity contribution in [1.29, 1.82) is 5.26 Å². The Morgan fingerprint density at radius 2 is 2.12 bits per heavy atom. The van der Waals surface area contributed by atoms with Crippen LogP contribution in [0, 0.1) is 18.3 Å². The summed E-state index contributed by atoms with van der Waals surface area (Å²) in [4.78, 5) is 6.50. The van der Waals surface area contributed by atoms with Crippen LogP contribution in [0.3, 0.4) is 0 Å². The molecule has 4 aromatic rings. The number of nitrogens with zero attached hydrogens (tertiary/aromatic N) is 8. The maximum atomic E-state index is 13.0. The number of hydrogen-bond acceptors (Lipinski definition) is 7. The van der Waals surface area contributed by atoms with Crippen molar-refractivity contribution in [3.05, 3.63) is 48.2 Å². The largest absolute Gasteiger partial charge is 0.419 e. The molecule has 10 nitrogen and oxygen atoms in total. The van der Waals surface area contributed by atoms with Gasteiger partial charge >= 0.3 is 6.18 Å². The summed E-state index contributed by atoms with van der Waals surface area (Å²) in [5.74, 6) is 0.382. The number of aryl methyl sites for hydroxylation is 1. The lowest BCUT2D eigenvalue weighted by Gasteiger charge is -2.50. The van der Waals surface area contributed by atoms with Crippen LogP contribution in [-0.2, 0) is 11.7 Å². The number of rotatable bonds is 5. The molecule has 0 aromatic carbocycles. The SMILES string of the molecule is Cc1[nH]ncc1Nc1nc2c(N3CC(CC#N)(n4cc(C(F)(F)F)cn4)C3)cccn2n1. The van der Waals surface area contributed by atoms with Gasteiger partial charge in [-0.15, -0.1) is 5.10 Å². The minimum absolute atomic E-state index is 0.0326. The van der Waals surface area contributed by atoms with Crippen LogP contribution in [0.2, 0.25) is 0 Å². The molecule has 0 bridgehead atoms. The molecule has 0 spiro atoms. The molecule has 2 N–H and O–H groups in total. The van der Waals surface area contributed by atoms with Crippen molar-refractivity contribution >= 4 is 23.0 Å². The van der Waals surface area contributed by atoms with Gasteiger partial charge in [-0.05, 0) is 19.1 Å². The number of hydrogen-bond donors (Lipinski definition) is 2. The highest BCUT2D eigenvalue weighted by Crippen LogP contribution is 2.39. The van der Waals surface area contributed by atoms with E-state index in [4.69, 9.17) is 0 Å². The molecule has 0 unspecified atom stereocenters. The van der Waals surface area contributed by atoms with Gasteiger partial charge in [-0.3, -0.25) is 9.78 Å². The number of pyridine rings is 1. The Hall–Kier alpha value is -4.08. The van der Waals surface area contributed by atoms with E-state index in [2.05, 4.69) is 36.8 Å². The molecule has 0 radical (unpaired) electrons. The monoisotopic (exact) mass is 442 g/mol. The molecule has 0 aliphatic carbocycles. The zero-order valence-electron chi connectivity index (χ0n) is 16.8. The summed E-state index contributed by atoms with van der Waals surface area (Å²) in [7, 11) is 0. The van der Waals surface area contributed by atoms with E-state index >= 15 is 0 Å². The number of anilines is 3. The molecule has 1 aliphatic rings. The van der Waals surface area contributed by atoms with Crippen molar-refractivity contribution in [2.75, 3.05) is 23.3 Å². The van der Waals surface area contributed by atoms with Gasteiger partial charge in [0.2, 0.25) is 5.95 Å². The molecule has 13 heteroatoms. The van der Waals surface area contributed by atoms with Crippen molar-refractivity contribution in [2.45, 2.75) is 25.1 Å². The molecule has 5 heterocycles. The summed E-state index contributed by atoms with van der Waals surface area (Å²) in [5, 5.41) is 27.5. The van der Waals surface area contributed by atoms with E-state index in [0.29, 0.717) is 24.7 Å². The number of nitrogens with one attached hydrogen (secondary N) is 2. The van der Waals surface area contributed by atoms with E-state index in [0.717, 1.165) is 29.5 Å². The van der Waals surface area contributed by atoms with Crippen LogP contribution in [0.5, 0.6) is 0 Å². The lowest BCUT2D eigenvalue weighted by molar-refractivity contribution is -0.137. The topological polar surface area (TPSA) is 116 Å². The Labute approximate surface area is 179 Å². The molecule has 4 aromatic heterocycles. The fraction of sp³-hybridized carbons (Fsp3) is 0.316. The zero-order valence-corrected chi connectivity index (χ0v) is 16.8. The summed E-state index contributed by atoms with van der Waals surface area (Å²) in [5.41, 5.74) is 1.24. The number of aromatic nitrogens is 7. The van der Waals surface area contributed by atoms with Crippen LogP contribution >= 0.6 is 0 Å². The summed E-state index contributed by atoms with van der Waals surface area (Å²) in [6.07, 6.45) is 0.681. The summed E-state index contributed by atoms with van der Waals surface area (Å²) >= 11 is 0. The first-order valence-electron chi connectivity index (χ1n) is 9.66. The third-order valence-electron chi connectivity index (χ3n) is 5.53. The molecular formula is C19H17F3N10. The van der Waals surface area contributed by atoms with Gasteiger partial charge in [0.1, 0.15) is 5.54 Å². The normalized spacial score (nSPS) is 15.5. The third kappa shape index (κ3) is 3.20. The first-order valence-corrected chi connectivity index (χ1v) is 9.66. The minimum Gasteiger partial charge on any atom is -0.363 e. The number of fused-ring (bicyclic) bond motifs is 1. The fourth-order valence-corrected chi connectivity index (χ4v) is 3.84. The van der Waals surface area contributed by atoms with Crippen LogP contribution < -0.4 is 10.2 Å². The predicted octanol–water partition coefficient (Wildman–Crippen LogP) is 2.85. The Morgan fingerprint density at radius 3 is 2.78 bits per heavy atom. The molecule has 164 valence electrons.